The van der Waals surface area contributed by atoms with Gasteiger partial charge in [-0.25, -0.2) is 9.97 Å². The molecule has 0 atom stereocenters. The maximum absolute atomic E-state index is 4.89. The summed E-state index contributed by atoms with van der Waals surface area (Å²) in [5.74, 6) is 0. The lowest BCUT2D eigenvalue weighted by Gasteiger charge is -1.96. The van der Waals surface area contributed by atoms with Gasteiger partial charge in [0.15, 0.2) is 0 Å². The molecule has 0 amide bonds. The summed E-state index contributed by atoms with van der Waals surface area (Å²) in [6.07, 6.45) is 0.813. The number of para-hydroxylation sites is 1. The van der Waals surface area contributed by atoms with Crippen LogP contribution < -0.4 is 0 Å². The molecule has 0 aliphatic carbocycles. The smallest absolute Gasteiger partial charge is 0.101 e. The molecule has 5 rings (SSSR count). The zero-order valence-corrected chi connectivity index (χ0v) is 13.8. The summed E-state index contributed by atoms with van der Waals surface area (Å²) in [4.78, 5) is 9.62. The minimum Gasteiger partial charge on any atom is -0.241 e. The Morgan fingerprint density at radius 1 is 0.696 bits per heavy atom. The van der Waals surface area contributed by atoms with Gasteiger partial charge in [-0.3, -0.25) is 0 Å². The van der Waals surface area contributed by atoms with Gasteiger partial charge in [-0.2, -0.15) is 0 Å². The second-order valence-electron chi connectivity index (χ2n) is 5.49. The van der Waals surface area contributed by atoms with Gasteiger partial charge in [0.25, 0.3) is 0 Å². The number of fused-ring (bicyclic) bond motifs is 4. The summed E-state index contributed by atoms with van der Waals surface area (Å²) in [5, 5.41) is 4.75. The molecule has 0 aliphatic rings. The Labute approximate surface area is 141 Å². The Bertz CT molecular complexity index is 1120. The van der Waals surface area contributed by atoms with E-state index in [-0.39, 0.29) is 0 Å². The van der Waals surface area contributed by atoms with Crippen LogP contribution in [0.25, 0.3) is 31.2 Å². The van der Waals surface area contributed by atoms with E-state index in [1.807, 2.05) is 6.07 Å². The number of hydrogen-bond donors (Lipinski definition) is 0. The van der Waals surface area contributed by atoms with Gasteiger partial charge < -0.3 is 0 Å². The zero-order chi connectivity index (χ0) is 15.2. The van der Waals surface area contributed by atoms with Crippen LogP contribution in [0.4, 0.5) is 0 Å². The highest BCUT2D eigenvalue weighted by Crippen LogP contribution is 2.31. The second kappa shape index (κ2) is 5.11. The van der Waals surface area contributed by atoms with Crippen LogP contribution in [0.5, 0.6) is 0 Å². The number of benzene rings is 3. The van der Waals surface area contributed by atoms with Crippen molar-refractivity contribution in [2.75, 3.05) is 0 Å². The van der Waals surface area contributed by atoms with Crippen molar-refractivity contribution in [2.45, 2.75) is 6.42 Å². The summed E-state index contributed by atoms with van der Waals surface area (Å²) < 4.78 is 2.49. The van der Waals surface area contributed by atoms with E-state index in [4.69, 9.17) is 9.97 Å². The Morgan fingerprint density at radius 2 is 1.48 bits per heavy atom. The van der Waals surface area contributed by atoms with Crippen molar-refractivity contribution in [2.24, 2.45) is 0 Å². The molecule has 2 heterocycles. The lowest BCUT2D eigenvalue weighted by atomic mass is 10.1. The highest BCUT2D eigenvalue weighted by Gasteiger charge is 2.10. The molecule has 0 unspecified atom stereocenters. The van der Waals surface area contributed by atoms with Crippen molar-refractivity contribution < 1.29 is 0 Å². The fourth-order valence-corrected chi connectivity index (χ4v) is 4.96. The molecule has 0 aliphatic heterocycles. The predicted molar refractivity (Wildman–Crippen MR) is 99.6 cm³/mol. The Kier molecular flexibility index (Phi) is 2.93. The van der Waals surface area contributed by atoms with Crippen molar-refractivity contribution in [3.63, 3.8) is 0 Å². The van der Waals surface area contributed by atoms with Crippen LogP contribution in [-0.4, -0.2) is 9.97 Å². The molecule has 2 aromatic heterocycles. The Balaban J connectivity index is 1.61. The van der Waals surface area contributed by atoms with Gasteiger partial charge in [-0.05, 0) is 23.6 Å². The summed E-state index contributed by atoms with van der Waals surface area (Å²) in [7, 11) is 0. The number of thiazole rings is 2. The average Bonchev–Trinajstić information content (AvgIpc) is 3.17. The summed E-state index contributed by atoms with van der Waals surface area (Å²) in [6.45, 7) is 0. The molecule has 5 aromatic rings. The van der Waals surface area contributed by atoms with Crippen LogP contribution in [-0.2, 0) is 6.42 Å². The quantitative estimate of drug-likeness (QED) is 0.417. The van der Waals surface area contributed by atoms with E-state index in [9.17, 15) is 0 Å². The molecular formula is C19H12N2S2. The molecule has 110 valence electrons. The summed E-state index contributed by atoms with van der Waals surface area (Å²) in [6, 6.07) is 21.1. The fraction of sp³-hybridized carbons (Fsp3) is 0.0526. The summed E-state index contributed by atoms with van der Waals surface area (Å²) in [5.41, 5.74) is 2.20. The van der Waals surface area contributed by atoms with E-state index >= 15 is 0 Å². The van der Waals surface area contributed by atoms with Gasteiger partial charge >= 0.3 is 0 Å². The highest BCUT2D eigenvalue weighted by atomic mass is 32.1. The number of rotatable bonds is 2. The van der Waals surface area contributed by atoms with E-state index in [0.29, 0.717) is 0 Å². The Hall–Kier alpha value is -2.30. The monoisotopic (exact) mass is 332 g/mol. The minimum atomic E-state index is 0.813. The standard InChI is InChI=1S/C19H12N2S2/c1-2-6-13-12(5-1)9-10-16-19(13)21-18(23-16)11-17-20-14-7-3-4-8-15(14)22-17/h1-10H,11H2. The SMILES string of the molecule is c1ccc2c(c1)ccc1sc(Cc3nc4ccccc4s3)nc12. The molecular weight excluding hydrogens is 320 g/mol. The molecule has 0 fully saturated rings. The van der Waals surface area contributed by atoms with E-state index in [1.165, 1.54) is 20.2 Å². The zero-order valence-electron chi connectivity index (χ0n) is 12.2. The van der Waals surface area contributed by atoms with Gasteiger partial charge in [0, 0.05) is 5.39 Å². The minimum absolute atomic E-state index is 0.813. The molecule has 2 nitrogen and oxygen atoms in total. The average molecular weight is 332 g/mol. The van der Waals surface area contributed by atoms with E-state index in [2.05, 4.69) is 54.6 Å². The first-order valence-electron chi connectivity index (χ1n) is 7.48. The normalized spacial score (nSPS) is 11.7. The van der Waals surface area contributed by atoms with Gasteiger partial charge in [-0.15, -0.1) is 22.7 Å². The first-order valence-corrected chi connectivity index (χ1v) is 9.12. The first kappa shape index (κ1) is 13.2. The maximum Gasteiger partial charge on any atom is 0.101 e. The third-order valence-electron chi connectivity index (χ3n) is 3.97. The van der Waals surface area contributed by atoms with E-state index in [0.717, 1.165) is 27.5 Å². The lowest BCUT2D eigenvalue weighted by Crippen LogP contribution is -1.85. The largest absolute Gasteiger partial charge is 0.241 e. The lowest BCUT2D eigenvalue weighted by molar-refractivity contribution is 1.13. The first-order chi connectivity index (χ1) is 11.4. The van der Waals surface area contributed by atoms with Crippen molar-refractivity contribution in [3.05, 3.63) is 70.7 Å². The summed E-state index contributed by atoms with van der Waals surface area (Å²) >= 11 is 3.53. The van der Waals surface area contributed by atoms with Crippen LogP contribution >= 0.6 is 22.7 Å². The topological polar surface area (TPSA) is 25.8 Å². The maximum atomic E-state index is 4.89. The molecule has 0 spiro atoms. The molecule has 23 heavy (non-hydrogen) atoms. The number of aromatic nitrogens is 2. The van der Waals surface area contributed by atoms with Crippen LogP contribution in [0.1, 0.15) is 10.0 Å². The van der Waals surface area contributed by atoms with Crippen LogP contribution in [0.2, 0.25) is 0 Å². The molecule has 0 radical (unpaired) electrons. The molecule has 3 aromatic carbocycles. The van der Waals surface area contributed by atoms with E-state index in [1.54, 1.807) is 22.7 Å². The second-order valence-corrected chi connectivity index (χ2v) is 7.72. The molecule has 0 bridgehead atoms. The third kappa shape index (κ3) is 2.22. The molecule has 0 N–H and O–H groups in total. The van der Waals surface area contributed by atoms with Gasteiger partial charge in [0.1, 0.15) is 10.0 Å². The fourth-order valence-electron chi connectivity index (χ4n) is 2.91. The molecule has 0 saturated carbocycles. The van der Waals surface area contributed by atoms with Crippen LogP contribution in [0.3, 0.4) is 0 Å². The van der Waals surface area contributed by atoms with Gasteiger partial charge in [0.05, 0.1) is 26.9 Å². The van der Waals surface area contributed by atoms with Gasteiger partial charge in [0.2, 0.25) is 0 Å². The number of nitrogens with zero attached hydrogens (tertiary/aromatic N) is 2. The molecule has 0 saturated heterocycles. The third-order valence-corrected chi connectivity index (χ3v) is 6.03. The Morgan fingerprint density at radius 3 is 2.43 bits per heavy atom. The van der Waals surface area contributed by atoms with Crippen LogP contribution in [0, 0.1) is 0 Å². The van der Waals surface area contributed by atoms with Crippen molar-refractivity contribution in [1.82, 2.24) is 9.97 Å². The van der Waals surface area contributed by atoms with Crippen LogP contribution in [0.15, 0.2) is 60.7 Å². The van der Waals surface area contributed by atoms with Crippen molar-refractivity contribution in [1.29, 1.82) is 0 Å². The highest BCUT2D eigenvalue weighted by molar-refractivity contribution is 7.20. The molecule has 4 heteroatoms. The van der Waals surface area contributed by atoms with E-state index < -0.39 is 0 Å². The van der Waals surface area contributed by atoms with Crippen molar-refractivity contribution >= 4 is 53.9 Å². The van der Waals surface area contributed by atoms with Crippen molar-refractivity contribution in [3.8, 4) is 0 Å². The predicted octanol–water partition coefficient (Wildman–Crippen LogP) is 5.65. The van der Waals surface area contributed by atoms with Gasteiger partial charge in [-0.1, -0.05) is 42.5 Å². The number of hydrogen-bond acceptors (Lipinski definition) is 4.